The number of rotatable bonds is 5. The van der Waals surface area contributed by atoms with Crippen molar-refractivity contribution in [1.82, 2.24) is 10.2 Å². The van der Waals surface area contributed by atoms with Crippen molar-refractivity contribution in [2.45, 2.75) is 45.7 Å². The lowest BCUT2D eigenvalue weighted by Crippen LogP contribution is -2.42. The van der Waals surface area contributed by atoms with Crippen molar-refractivity contribution in [2.75, 3.05) is 11.9 Å². The van der Waals surface area contributed by atoms with Crippen LogP contribution in [0, 0.1) is 0 Å². The molecule has 3 amide bonds. The van der Waals surface area contributed by atoms with Crippen molar-refractivity contribution in [2.24, 2.45) is 0 Å². The van der Waals surface area contributed by atoms with Gasteiger partial charge in [0.15, 0.2) is 0 Å². The van der Waals surface area contributed by atoms with E-state index in [0.29, 0.717) is 24.2 Å². The number of hydrogen-bond donors (Lipinski definition) is 2. The Morgan fingerprint density at radius 3 is 2.30 bits per heavy atom. The van der Waals surface area contributed by atoms with Gasteiger partial charge in [-0.15, -0.1) is 0 Å². The van der Waals surface area contributed by atoms with Crippen molar-refractivity contribution in [1.29, 1.82) is 0 Å². The third kappa shape index (κ3) is 4.31. The van der Waals surface area contributed by atoms with E-state index < -0.39 is 6.04 Å². The molecule has 0 bridgehead atoms. The van der Waals surface area contributed by atoms with Crippen molar-refractivity contribution in [3.63, 3.8) is 0 Å². The molecule has 1 atom stereocenters. The Morgan fingerprint density at radius 1 is 1.13 bits per heavy atom. The van der Waals surface area contributed by atoms with Crippen molar-refractivity contribution in [3.05, 3.63) is 29.8 Å². The standard InChI is InChI=1S/C17H23N3O3/c1-11(2)18-17(23)13-6-8-14(9-7-13)19-16(22)12(3)20-10-4-5-15(20)21/h6-9,11-12H,4-5,10H2,1-3H3,(H,18,23)(H,19,22). The molecule has 0 aromatic heterocycles. The highest BCUT2D eigenvalue weighted by Crippen LogP contribution is 2.16. The summed E-state index contributed by atoms with van der Waals surface area (Å²) < 4.78 is 0. The average Bonchev–Trinajstić information content (AvgIpc) is 2.92. The highest BCUT2D eigenvalue weighted by molar-refractivity contribution is 5.98. The minimum absolute atomic E-state index is 0.0216. The Morgan fingerprint density at radius 2 is 1.78 bits per heavy atom. The predicted octanol–water partition coefficient (Wildman–Crippen LogP) is 1.77. The first kappa shape index (κ1) is 17.0. The average molecular weight is 317 g/mol. The number of hydrogen-bond acceptors (Lipinski definition) is 3. The molecule has 124 valence electrons. The number of nitrogens with one attached hydrogen (secondary N) is 2. The van der Waals surface area contributed by atoms with Crippen LogP contribution in [0.1, 0.15) is 44.0 Å². The van der Waals surface area contributed by atoms with Crippen LogP contribution in [0.15, 0.2) is 24.3 Å². The van der Waals surface area contributed by atoms with Gasteiger partial charge in [0.1, 0.15) is 6.04 Å². The fourth-order valence-electron chi connectivity index (χ4n) is 2.52. The van der Waals surface area contributed by atoms with E-state index in [1.807, 2.05) is 13.8 Å². The largest absolute Gasteiger partial charge is 0.350 e. The molecule has 1 unspecified atom stereocenters. The molecule has 6 nitrogen and oxygen atoms in total. The molecule has 1 saturated heterocycles. The van der Waals surface area contributed by atoms with Crippen molar-refractivity contribution in [3.8, 4) is 0 Å². The first-order valence-corrected chi connectivity index (χ1v) is 7.89. The number of anilines is 1. The van der Waals surface area contributed by atoms with Gasteiger partial charge in [-0.2, -0.15) is 0 Å². The highest BCUT2D eigenvalue weighted by Gasteiger charge is 2.29. The van der Waals surface area contributed by atoms with Gasteiger partial charge in [-0.3, -0.25) is 14.4 Å². The quantitative estimate of drug-likeness (QED) is 0.869. The topological polar surface area (TPSA) is 78.5 Å². The zero-order valence-electron chi connectivity index (χ0n) is 13.8. The molecule has 0 saturated carbocycles. The van der Waals surface area contributed by atoms with Crippen LogP contribution in [-0.2, 0) is 9.59 Å². The number of carbonyl (C=O) groups excluding carboxylic acids is 3. The van der Waals surface area contributed by atoms with Crippen LogP contribution in [0.3, 0.4) is 0 Å². The lowest BCUT2D eigenvalue weighted by atomic mass is 10.1. The second kappa shape index (κ2) is 7.26. The first-order chi connectivity index (χ1) is 10.9. The second-order valence-corrected chi connectivity index (χ2v) is 6.06. The molecule has 1 aliphatic rings. The summed E-state index contributed by atoms with van der Waals surface area (Å²) in [6, 6.07) is 6.28. The smallest absolute Gasteiger partial charge is 0.251 e. The van der Waals surface area contributed by atoms with E-state index in [9.17, 15) is 14.4 Å². The van der Waals surface area contributed by atoms with Gasteiger partial charge in [-0.25, -0.2) is 0 Å². The molecule has 0 radical (unpaired) electrons. The maximum absolute atomic E-state index is 12.2. The van der Waals surface area contributed by atoms with E-state index in [1.54, 1.807) is 36.1 Å². The van der Waals surface area contributed by atoms with Crippen LogP contribution in [0.4, 0.5) is 5.69 Å². The van der Waals surface area contributed by atoms with Gasteiger partial charge in [0.05, 0.1) is 0 Å². The Balaban J connectivity index is 1.96. The summed E-state index contributed by atoms with van der Waals surface area (Å²) in [4.78, 5) is 37.4. The Hall–Kier alpha value is -2.37. The maximum atomic E-state index is 12.2. The van der Waals surface area contributed by atoms with Gasteiger partial charge in [0.2, 0.25) is 11.8 Å². The summed E-state index contributed by atoms with van der Waals surface area (Å²) in [5.41, 5.74) is 1.15. The van der Waals surface area contributed by atoms with Crippen LogP contribution in [0.5, 0.6) is 0 Å². The van der Waals surface area contributed by atoms with Crippen LogP contribution in [0.2, 0.25) is 0 Å². The Bertz CT molecular complexity index is 596. The van der Waals surface area contributed by atoms with E-state index >= 15 is 0 Å². The normalized spacial score (nSPS) is 15.7. The molecule has 0 spiro atoms. The number of nitrogens with zero attached hydrogens (tertiary/aromatic N) is 1. The van der Waals surface area contributed by atoms with Gasteiger partial charge in [0.25, 0.3) is 5.91 Å². The van der Waals surface area contributed by atoms with E-state index in [-0.39, 0.29) is 23.8 Å². The predicted molar refractivity (Wildman–Crippen MR) is 88.1 cm³/mol. The first-order valence-electron chi connectivity index (χ1n) is 7.89. The summed E-state index contributed by atoms with van der Waals surface area (Å²) in [5, 5.41) is 5.59. The molecule has 23 heavy (non-hydrogen) atoms. The van der Waals surface area contributed by atoms with Gasteiger partial charge < -0.3 is 15.5 Å². The zero-order chi connectivity index (χ0) is 17.0. The SMILES string of the molecule is CC(C)NC(=O)c1ccc(NC(=O)C(C)N2CCCC2=O)cc1. The molecule has 0 aliphatic carbocycles. The van der Waals surface area contributed by atoms with E-state index in [0.717, 1.165) is 6.42 Å². The summed E-state index contributed by atoms with van der Waals surface area (Å²) in [7, 11) is 0. The number of amides is 3. The van der Waals surface area contributed by atoms with E-state index in [2.05, 4.69) is 10.6 Å². The highest BCUT2D eigenvalue weighted by atomic mass is 16.2. The minimum Gasteiger partial charge on any atom is -0.350 e. The van der Waals surface area contributed by atoms with Gasteiger partial charge in [-0.05, 0) is 51.5 Å². The van der Waals surface area contributed by atoms with E-state index in [4.69, 9.17) is 0 Å². The molecule has 1 aliphatic heterocycles. The third-order valence-electron chi connectivity index (χ3n) is 3.79. The summed E-state index contributed by atoms with van der Waals surface area (Å²) in [6.45, 7) is 6.14. The Labute approximate surface area is 136 Å². The molecule has 6 heteroatoms. The fourth-order valence-corrected chi connectivity index (χ4v) is 2.52. The number of likely N-dealkylation sites (tertiary alicyclic amines) is 1. The Kier molecular flexibility index (Phi) is 5.36. The zero-order valence-corrected chi connectivity index (χ0v) is 13.8. The van der Waals surface area contributed by atoms with Crippen LogP contribution >= 0.6 is 0 Å². The monoisotopic (exact) mass is 317 g/mol. The maximum Gasteiger partial charge on any atom is 0.251 e. The lowest BCUT2D eigenvalue weighted by molar-refractivity contribution is -0.134. The number of carbonyl (C=O) groups is 3. The van der Waals surface area contributed by atoms with Crippen molar-refractivity contribution < 1.29 is 14.4 Å². The molecule has 1 fully saturated rings. The van der Waals surface area contributed by atoms with Crippen LogP contribution in [0.25, 0.3) is 0 Å². The summed E-state index contributed by atoms with van der Waals surface area (Å²) >= 11 is 0. The molecule has 1 heterocycles. The van der Waals surface area contributed by atoms with E-state index in [1.165, 1.54) is 0 Å². The fraction of sp³-hybridized carbons (Fsp3) is 0.471. The molecule has 1 aromatic rings. The lowest BCUT2D eigenvalue weighted by Gasteiger charge is -2.23. The molecule has 2 rings (SSSR count). The molecular weight excluding hydrogens is 294 g/mol. The second-order valence-electron chi connectivity index (χ2n) is 6.06. The minimum atomic E-state index is -0.492. The molecule has 1 aromatic carbocycles. The summed E-state index contributed by atoms with van der Waals surface area (Å²) in [5.74, 6) is -0.345. The van der Waals surface area contributed by atoms with Gasteiger partial charge in [-0.1, -0.05) is 0 Å². The van der Waals surface area contributed by atoms with Gasteiger partial charge in [0, 0.05) is 30.3 Å². The summed E-state index contributed by atoms with van der Waals surface area (Å²) in [6.07, 6.45) is 1.31. The third-order valence-corrected chi connectivity index (χ3v) is 3.79. The van der Waals surface area contributed by atoms with Crippen LogP contribution in [-0.4, -0.2) is 41.2 Å². The van der Waals surface area contributed by atoms with Crippen LogP contribution < -0.4 is 10.6 Å². The van der Waals surface area contributed by atoms with Gasteiger partial charge >= 0.3 is 0 Å². The number of benzene rings is 1. The molecular formula is C17H23N3O3. The van der Waals surface area contributed by atoms with Crippen molar-refractivity contribution >= 4 is 23.4 Å². The molecule has 2 N–H and O–H groups in total.